The lowest BCUT2D eigenvalue weighted by atomic mass is 9.91. The van der Waals surface area contributed by atoms with Gasteiger partial charge in [-0.15, -0.1) is 0 Å². The topological polar surface area (TPSA) is 78.4 Å². The summed E-state index contributed by atoms with van der Waals surface area (Å²) in [6.07, 6.45) is 2.46. The summed E-state index contributed by atoms with van der Waals surface area (Å²) in [6.45, 7) is 5.09. The minimum Gasteiger partial charge on any atom is -0.362 e. The van der Waals surface area contributed by atoms with Gasteiger partial charge in [-0.25, -0.2) is 9.97 Å². The second-order valence-corrected chi connectivity index (χ2v) is 7.87. The van der Waals surface area contributed by atoms with Crippen LogP contribution in [-0.2, 0) is 22.6 Å². The molecule has 0 saturated heterocycles. The van der Waals surface area contributed by atoms with Crippen molar-refractivity contribution in [1.82, 2.24) is 14.9 Å². The first-order valence-corrected chi connectivity index (χ1v) is 9.55. The first-order chi connectivity index (χ1) is 13.3. The van der Waals surface area contributed by atoms with Gasteiger partial charge in [-0.3, -0.25) is 9.59 Å². The number of nitrogens with zero attached hydrogens (tertiary/aromatic N) is 4. The highest BCUT2D eigenvalue weighted by molar-refractivity contribution is 6.05. The molecule has 3 heterocycles. The standard InChI is InChI=1S/C21H25N5O2/c1-12-7-13(2)19-15(21(28)24-16(19)8-12)9-18(27)26-6-5-14-17(10-26)22-11-23-20(14)25(3)4/h7-8,11,15H,5-6,9-10H2,1-4H3,(H,24,28). The fourth-order valence-corrected chi connectivity index (χ4v) is 4.33. The Hall–Kier alpha value is -2.96. The molecule has 2 aliphatic heterocycles. The molecule has 1 unspecified atom stereocenters. The maximum Gasteiger partial charge on any atom is 0.232 e. The van der Waals surface area contributed by atoms with Gasteiger partial charge in [0, 0.05) is 38.3 Å². The van der Waals surface area contributed by atoms with E-state index < -0.39 is 5.92 Å². The fourth-order valence-electron chi connectivity index (χ4n) is 4.33. The van der Waals surface area contributed by atoms with E-state index in [-0.39, 0.29) is 18.2 Å². The molecule has 1 atom stereocenters. The van der Waals surface area contributed by atoms with Crippen LogP contribution in [0, 0.1) is 13.8 Å². The molecule has 2 amide bonds. The second kappa shape index (κ2) is 6.89. The highest BCUT2D eigenvalue weighted by Gasteiger charge is 2.35. The quantitative estimate of drug-likeness (QED) is 0.884. The molecule has 1 aromatic heterocycles. The Labute approximate surface area is 164 Å². The van der Waals surface area contributed by atoms with Crippen LogP contribution in [0.1, 0.15) is 40.3 Å². The van der Waals surface area contributed by atoms with Gasteiger partial charge in [-0.1, -0.05) is 6.07 Å². The van der Waals surface area contributed by atoms with Crippen LogP contribution >= 0.6 is 0 Å². The van der Waals surface area contributed by atoms with Gasteiger partial charge in [0.25, 0.3) is 0 Å². The summed E-state index contributed by atoms with van der Waals surface area (Å²) >= 11 is 0. The minimum atomic E-state index is -0.424. The lowest BCUT2D eigenvalue weighted by Gasteiger charge is -2.30. The first kappa shape index (κ1) is 18.4. The number of carbonyl (C=O) groups excluding carboxylic acids is 2. The van der Waals surface area contributed by atoms with E-state index in [2.05, 4.69) is 21.4 Å². The number of carbonyl (C=O) groups is 2. The van der Waals surface area contributed by atoms with Crippen LogP contribution in [0.2, 0.25) is 0 Å². The molecule has 7 nitrogen and oxygen atoms in total. The zero-order valence-corrected chi connectivity index (χ0v) is 16.7. The summed E-state index contributed by atoms with van der Waals surface area (Å²) in [4.78, 5) is 38.1. The average molecular weight is 379 g/mol. The maximum absolute atomic E-state index is 13.0. The van der Waals surface area contributed by atoms with Crippen LogP contribution < -0.4 is 10.2 Å². The van der Waals surface area contributed by atoms with Gasteiger partial charge < -0.3 is 15.1 Å². The van der Waals surface area contributed by atoms with E-state index in [1.165, 1.54) is 0 Å². The van der Waals surface area contributed by atoms with Crippen molar-refractivity contribution in [2.45, 2.75) is 39.2 Å². The molecule has 146 valence electrons. The molecule has 0 bridgehead atoms. The third kappa shape index (κ3) is 3.10. The number of aromatic nitrogens is 2. The molecule has 1 N–H and O–H groups in total. The molecule has 7 heteroatoms. The van der Waals surface area contributed by atoms with Crippen molar-refractivity contribution < 1.29 is 9.59 Å². The largest absolute Gasteiger partial charge is 0.362 e. The summed E-state index contributed by atoms with van der Waals surface area (Å²) in [6, 6.07) is 4.04. The molecule has 2 aliphatic rings. The molecule has 4 rings (SSSR count). The highest BCUT2D eigenvalue weighted by atomic mass is 16.2. The second-order valence-electron chi connectivity index (χ2n) is 7.87. The lowest BCUT2D eigenvalue weighted by molar-refractivity contribution is -0.134. The fraction of sp³-hybridized carbons (Fsp3) is 0.429. The number of anilines is 2. The van der Waals surface area contributed by atoms with Crippen molar-refractivity contribution in [1.29, 1.82) is 0 Å². The van der Waals surface area contributed by atoms with Crippen LogP contribution in [0.3, 0.4) is 0 Å². The zero-order valence-electron chi connectivity index (χ0n) is 16.7. The van der Waals surface area contributed by atoms with Crippen molar-refractivity contribution >= 4 is 23.3 Å². The van der Waals surface area contributed by atoms with Crippen molar-refractivity contribution in [2.75, 3.05) is 30.9 Å². The lowest BCUT2D eigenvalue weighted by Crippen LogP contribution is -2.38. The molecular formula is C21H25N5O2. The smallest absolute Gasteiger partial charge is 0.232 e. The number of nitrogens with one attached hydrogen (secondary N) is 1. The Balaban J connectivity index is 1.53. The van der Waals surface area contributed by atoms with Crippen LogP contribution in [0.15, 0.2) is 18.5 Å². The predicted molar refractivity (Wildman–Crippen MR) is 107 cm³/mol. The molecule has 0 fully saturated rings. The van der Waals surface area contributed by atoms with Gasteiger partial charge in [-0.2, -0.15) is 0 Å². The number of rotatable bonds is 3. The predicted octanol–water partition coefficient (Wildman–Crippen LogP) is 2.17. The molecule has 0 saturated carbocycles. The first-order valence-electron chi connectivity index (χ1n) is 9.55. The Morgan fingerprint density at radius 1 is 1.29 bits per heavy atom. The summed E-state index contributed by atoms with van der Waals surface area (Å²) in [5.74, 6) is 0.384. The van der Waals surface area contributed by atoms with Crippen LogP contribution in [0.25, 0.3) is 0 Å². The van der Waals surface area contributed by atoms with E-state index in [4.69, 9.17) is 0 Å². The number of hydrogen-bond donors (Lipinski definition) is 1. The van der Waals surface area contributed by atoms with Gasteiger partial charge >= 0.3 is 0 Å². The summed E-state index contributed by atoms with van der Waals surface area (Å²) < 4.78 is 0. The maximum atomic E-state index is 13.0. The number of benzene rings is 1. The van der Waals surface area contributed by atoms with Crippen molar-refractivity contribution in [3.63, 3.8) is 0 Å². The van der Waals surface area contributed by atoms with Crippen LogP contribution in [-0.4, -0.2) is 47.3 Å². The molecule has 0 spiro atoms. The SMILES string of the molecule is Cc1cc(C)c2c(c1)NC(=O)C2CC(=O)N1CCc2c(ncnc2N(C)C)C1. The van der Waals surface area contributed by atoms with E-state index in [1.54, 1.807) is 6.33 Å². The molecular weight excluding hydrogens is 354 g/mol. The Morgan fingerprint density at radius 3 is 2.82 bits per heavy atom. The number of amides is 2. The van der Waals surface area contributed by atoms with Crippen molar-refractivity contribution in [2.24, 2.45) is 0 Å². The third-order valence-electron chi connectivity index (χ3n) is 5.59. The van der Waals surface area contributed by atoms with Gasteiger partial charge in [0.05, 0.1) is 18.2 Å². The number of hydrogen-bond acceptors (Lipinski definition) is 5. The molecule has 2 aromatic rings. The summed E-state index contributed by atoms with van der Waals surface area (Å²) in [5, 5.41) is 2.94. The van der Waals surface area contributed by atoms with E-state index in [1.807, 2.05) is 43.8 Å². The number of aryl methyl sites for hydroxylation is 2. The van der Waals surface area contributed by atoms with Crippen LogP contribution in [0.5, 0.6) is 0 Å². The zero-order chi connectivity index (χ0) is 20.0. The normalized spacial score (nSPS) is 17.8. The third-order valence-corrected chi connectivity index (χ3v) is 5.59. The van der Waals surface area contributed by atoms with E-state index >= 15 is 0 Å². The molecule has 0 aliphatic carbocycles. The minimum absolute atomic E-state index is 0.0105. The van der Waals surface area contributed by atoms with Crippen molar-refractivity contribution in [3.05, 3.63) is 46.4 Å². The Morgan fingerprint density at radius 2 is 2.07 bits per heavy atom. The van der Waals surface area contributed by atoms with Gasteiger partial charge in [0.2, 0.25) is 11.8 Å². The molecule has 1 aromatic carbocycles. The van der Waals surface area contributed by atoms with E-state index in [9.17, 15) is 9.59 Å². The monoisotopic (exact) mass is 379 g/mol. The van der Waals surface area contributed by atoms with Gasteiger partial charge in [-0.05, 0) is 43.0 Å². The van der Waals surface area contributed by atoms with E-state index in [0.29, 0.717) is 13.1 Å². The Bertz CT molecular complexity index is 970. The molecule has 28 heavy (non-hydrogen) atoms. The molecule has 0 radical (unpaired) electrons. The number of fused-ring (bicyclic) bond motifs is 2. The van der Waals surface area contributed by atoms with Crippen LogP contribution in [0.4, 0.5) is 11.5 Å². The summed E-state index contributed by atoms with van der Waals surface area (Å²) in [5.41, 5.74) is 5.95. The van der Waals surface area contributed by atoms with Gasteiger partial charge in [0.15, 0.2) is 0 Å². The average Bonchev–Trinajstić information content (AvgIpc) is 2.95. The van der Waals surface area contributed by atoms with Gasteiger partial charge in [0.1, 0.15) is 12.1 Å². The van der Waals surface area contributed by atoms with E-state index in [0.717, 1.165) is 45.9 Å². The highest BCUT2D eigenvalue weighted by Crippen LogP contribution is 2.38. The Kier molecular flexibility index (Phi) is 4.53. The van der Waals surface area contributed by atoms with Crippen molar-refractivity contribution in [3.8, 4) is 0 Å². The summed E-state index contributed by atoms with van der Waals surface area (Å²) in [7, 11) is 3.92.